The Kier molecular flexibility index (Phi) is 5.80. The number of rotatable bonds is 6. The van der Waals surface area contributed by atoms with Crippen molar-refractivity contribution in [1.29, 1.82) is 0 Å². The van der Waals surface area contributed by atoms with Crippen LogP contribution < -0.4 is 5.32 Å². The van der Waals surface area contributed by atoms with Gasteiger partial charge in [0.05, 0.1) is 29.0 Å². The summed E-state index contributed by atoms with van der Waals surface area (Å²) in [6.07, 6.45) is 1.87. The Morgan fingerprint density at radius 1 is 1.40 bits per heavy atom. The average molecular weight is 422 g/mol. The minimum absolute atomic E-state index is 0.128. The molecule has 110 valence electrons. The van der Waals surface area contributed by atoms with Gasteiger partial charge in [-0.2, -0.15) is 5.10 Å². The molecule has 2 rings (SSSR count). The van der Waals surface area contributed by atoms with E-state index in [1.54, 1.807) is 11.3 Å². The lowest BCUT2D eigenvalue weighted by Gasteiger charge is -2.19. The highest BCUT2D eigenvalue weighted by molar-refractivity contribution is 9.10. The number of hydrogen-bond donors (Lipinski definition) is 1. The van der Waals surface area contributed by atoms with Gasteiger partial charge in [-0.05, 0) is 64.4 Å². The Bertz CT molecular complexity index is 564. The molecule has 0 amide bonds. The van der Waals surface area contributed by atoms with Crippen LogP contribution in [0.2, 0.25) is 0 Å². The van der Waals surface area contributed by atoms with Crippen molar-refractivity contribution in [2.24, 2.45) is 0 Å². The highest BCUT2D eigenvalue weighted by Gasteiger charge is 2.23. The van der Waals surface area contributed by atoms with Crippen molar-refractivity contribution in [2.45, 2.75) is 12.6 Å². The molecule has 2 aromatic heterocycles. The summed E-state index contributed by atoms with van der Waals surface area (Å²) in [6, 6.07) is 2.21. The van der Waals surface area contributed by atoms with Crippen molar-refractivity contribution in [3.8, 4) is 0 Å². The van der Waals surface area contributed by atoms with Crippen molar-refractivity contribution in [2.75, 3.05) is 27.7 Å². The van der Waals surface area contributed by atoms with Gasteiger partial charge in [-0.25, -0.2) is 0 Å². The van der Waals surface area contributed by atoms with Gasteiger partial charge in [0.2, 0.25) is 0 Å². The Morgan fingerprint density at radius 2 is 2.15 bits per heavy atom. The minimum atomic E-state index is 0.128. The fourth-order valence-electron chi connectivity index (χ4n) is 2.04. The van der Waals surface area contributed by atoms with Gasteiger partial charge in [0.1, 0.15) is 0 Å². The highest BCUT2D eigenvalue weighted by Crippen LogP contribution is 2.35. The number of nitrogens with one attached hydrogen (secondary N) is 1. The first-order valence-electron chi connectivity index (χ1n) is 6.30. The van der Waals surface area contributed by atoms with E-state index in [0.717, 1.165) is 27.7 Å². The normalized spacial score (nSPS) is 13.1. The number of nitrogens with zero attached hydrogens (tertiary/aromatic N) is 3. The molecule has 2 heterocycles. The highest BCUT2D eigenvalue weighted by atomic mass is 79.9. The molecular weight excluding hydrogens is 404 g/mol. The lowest BCUT2D eigenvalue weighted by molar-refractivity contribution is 0.366. The van der Waals surface area contributed by atoms with Crippen molar-refractivity contribution in [3.63, 3.8) is 0 Å². The summed E-state index contributed by atoms with van der Waals surface area (Å²) >= 11 is 8.99. The molecule has 2 aromatic rings. The Hall–Kier alpha value is -0.210. The minimum Gasteiger partial charge on any atom is -0.308 e. The van der Waals surface area contributed by atoms with Crippen LogP contribution >= 0.6 is 43.2 Å². The van der Waals surface area contributed by atoms with Crippen LogP contribution in [0.1, 0.15) is 16.6 Å². The molecule has 0 bridgehead atoms. The van der Waals surface area contributed by atoms with E-state index in [4.69, 9.17) is 0 Å². The first kappa shape index (κ1) is 16.2. The zero-order valence-corrected chi connectivity index (χ0v) is 15.7. The van der Waals surface area contributed by atoms with Gasteiger partial charge in [0.25, 0.3) is 0 Å². The fourth-order valence-corrected chi connectivity index (χ4v) is 4.27. The van der Waals surface area contributed by atoms with Crippen LogP contribution in [0.25, 0.3) is 0 Å². The van der Waals surface area contributed by atoms with Crippen LogP contribution in [-0.2, 0) is 6.54 Å². The molecule has 0 saturated heterocycles. The molecule has 0 fully saturated rings. The van der Waals surface area contributed by atoms with E-state index in [1.165, 1.54) is 4.88 Å². The van der Waals surface area contributed by atoms with Crippen molar-refractivity contribution in [3.05, 3.63) is 37.2 Å². The van der Waals surface area contributed by atoms with E-state index in [1.807, 2.05) is 13.2 Å². The van der Waals surface area contributed by atoms with Crippen LogP contribution in [0, 0.1) is 0 Å². The zero-order chi connectivity index (χ0) is 14.7. The maximum Gasteiger partial charge on any atom is 0.0862 e. The Labute approximate surface area is 140 Å². The maximum atomic E-state index is 4.49. The summed E-state index contributed by atoms with van der Waals surface area (Å²) in [5.41, 5.74) is 1.16. The van der Waals surface area contributed by atoms with Gasteiger partial charge in [0, 0.05) is 15.9 Å². The van der Waals surface area contributed by atoms with Crippen LogP contribution in [0.5, 0.6) is 0 Å². The second kappa shape index (κ2) is 7.17. The largest absolute Gasteiger partial charge is 0.308 e. The lowest BCUT2D eigenvalue weighted by atomic mass is 10.1. The molecule has 0 aliphatic heterocycles. The molecule has 0 aliphatic rings. The van der Waals surface area contributed by atoms with Crippen LogP contribution in [-0.4, -0.2) is 42.4 Å². The second-order valence-corrected chi connectivity index (χ2v) is 7.42. The molecule has 7 heteroatoms. The van der Waals surface area contributed by atoms with Crippen LogP contribution in [0.15, 0.2) is 26.6 Å². The molecule has 1 N–H and O–H groups in total. The average Bonchev–Trinajstić information content (AvgIpc) is 2.97. The van der Waals surface area contributed by atoms with Gasteiger partial charge in [0.15, 0.2) is 0 Å². The van der Waals surface area contributed by atoms with E-state index in [0.29, 0.717) is 0 Å². The molecule has 1 atom stereocenters. The lowest BCUT2D eigenvalue weighted by Crippen LogP contribution is -2.25. The van der Waals surface area contributed by atoms with E-state index in [-0.39, 0.29) is 6.04 Å². The third kappa shape index (κ3) is 3.51. The summed E-state index contributed by atoms with van der Waals surface area (Å²) in [4.78, 5) is 3.43. The molecule has 4 nitrogen and oxygen atoms in total. The van der Waals surface area contributed by atoms with E-state index in [2.05, 4.69) is 77.4 Å². The molecule has 0 radical (unpaired) electrons. The SMILES string of the molecule is CNC(c1sccc1Br)c1c(Br)cnn1CCN(C)C. The molecule has 1 unspecified atom stereocenters. The Morgan fingerprint density at radius 3 is 2.70 bits per heavy atom. The van der Waals surface area contributed by atoms with Gasteiger partial charge in [-0.15, -0.1) is 11.3 Å². The third-order valence-electron chi connectivity index (χ3n) is 3.06. The van der Waals surface area contributed by atoms with Gasteiger partial charge < -0.3 is 10.2 Å². The van der Waals surface area contributed by atoms with E-state index >= 15 is 0 Å². The molecule has 0 saturated carbocycles. The molecular formula is C13H18Br2N4S. The molecule has 0 spiro atoms. The third-order valence-corrected chi connectivity index (χ3v) is 5.61. The van der Waals surface area contributed by atoms with Gasteiger partial charge in [-0.1, -0.05) is 0 Å². The number of likely N-dealkylation sites (N-methyl/N-ethyl adjacent to an activating group) is 1. The van der Waals surface area contributed by atoms with Crippen molar-refractivity contribution in [1.82, 2.24) is 20.0 Å². The zero-order valence-electron chi connectivity index (χ0n) is 11.7. The van der Waals surface area contributed by atoms with Crippen LogP contribution in [0.4, 0.5) is 0 Å². The summed E-state index contributed by atoms with van der Waals surface area (Å²) < 4.78 is 4.24. The fraction of sp³-hybridized carbons (Fsp3) is 0.462. The van der Waals surface area contributed by atoms with E-state index in [9.17, 15) is 0 Å². The van der Waals surface area contributed by atoms with Crippen LogP contribution in [0.3, 0.4) is 0 Å². The summed E-state index contributed by atoms with van der Waals surface area (Å²) in [6.45, 7) is 1.83. The predicted octanol–water partition coefficient (Wildman–Crippen LogP) is 3.34. The Balaban J connectivity index is 2.34. The predicted molar refractivity (Wildman–Crippen MR) is 91.4 cm³/mol. The first-order valence-corrected chi connectivity index (χ1v) is 8.77. The topological polar surface area (TPSA) is 33.1 Å². The second-order valence-electron chi connectivity index (χ2n) is 4.76. The quantitative estimate of drug-likeness (QED) is 0.776. The van der Waals surface area contributed by atoms with Crippen molar-refractivity contribution < 1.29 is 0 Å². The maximum absolute atomic E-state index is 4.49. The summed E-state index contributed by atoms with van der Waals surface area (Å²) in [5.74, 6) is 0. The standard InChI is InChI=1S/C13H18Br2N4S/c1-16-11(13-9(14)4-7-20-13)12-10(15)8-17-19(12)6-5-18(2)3/h4,7-8,11,16H,5-6H2,1-3H3. The number of aromatic nitrogens is 2. The molecule has 20 heavy (non-hydrogen) atoms. The van der Waals surface area contributed by atoms with Crippen molar-refractivity contribution >= 4 is 43.2 Å². The summed E-state index contributed by atoms with van der Waals surface area (Å²) in [5, 5.41) is 9.98. The monoisotopic (exact) mass is 420 g/mol. The van der Waals surface area contributed by atoms with Gasteiger partial charge >= 0.3 is 0 Å². The van der Waals surface area contributed by atoms with E-state index < -0.39 is 0 Å². The smallest absolute Gasteiger partial charge is 0.0862 e. The number of hydrogen-bond acceptors (Lipinski definition) is 4. The number of halogens is 2. The summed E-state index contributed by atoms with van der Waals surface area (Å²) in [7, 11) is 6.12. The molecule has 0 aliphatic carbocycles. The molecule has 0 aromatic carbocycles. The number of thiophene rings is 1. The van der Waals surface area contributed by atoms with Gasteiger partial charge in [-0.3, -0.25) is 4.68 Å². The first-order chi connectivity index (χ1) is 9.54.